The average Bonchev–Trinajstić information content (AvgIpc) is 2.44. The zero-order valence-corrected chi connectivity index (χ0v) is 10.3. The largest absolute Gasteiger partial charge is 0.382 e. The zero-order chi connectivity index (χ0) is 10.6. The van der Waals surface area contributed by atoms with Crippen molar-refractivity contribution in [1.82, 2.24) is 9.78 Å². The first-order valence-electron chi connectivity index (χ1n) is 4.97. The van der Waals surface area contributed by atoms with Gasteiger partial charge in [-0.1, -0.05) is 13.8 Å². The van der Waals surface area contributed by atoms with Crippen LogP contribution in [-0.4, -0.2) is 23.0 Å². The summed E-state index contributed by atoms with van der Waals surface area (Å²) in [6.45, 7) is 7.11. The maximum atomic E-state index is 12.1. The highest BCUT2D eigenvalue weighted by Gasteiger charge is 2.04. The number of anilines is 1. The van der Waals surface area contributed by atoms with E-state index in [0.717, 1.165) is 17.9 Å². The standard InChI is InChI=1S/C10H18FN3.ClH/c1-8(2)6-12-10-7-14(5-4-11)13-9(10)3;/h7-8,12H,4-6H2,1-3H3;1H. The fourth-order valence-corrected chi connectivity index (χ4v) is 1.21. The van der Waals surface area contributed by atoms with Gasteiger partial charge in [0.2, 0.25) is 0 Å². The SMILES string of the molecule is Cc1nn(CCF)cc1NCC(C)C.Cl. The van der Waals surface area contributed by atoms with Gasteiger partial charge in [-0.25, -0.2) is 4.39 Å². The van der Waals surface area contributed by atoms with Crippen LogP contribution in [0.15, 0.2) is 6.20 Å². The van der Waals surface area contributed by atoms with Crippen molar-refractivity contribution in [1.29, 1.82) is 0 Å². The fraction of sp³-hybridized carbons (Fsp3) is 0.700. The van der Waals surface area contributed by atoms with Crippen molar-refractivity contribution >= 4 is 18.1 Å². The van der Waals surface area contributed by atoms with Crippen LogP contribution in [0, 0.1) is 12.8 Å². The fourth-order valence-electron chi connectivity index (χ4n) is 1.21. The third-order valence-corrected chi connectivity index (χ3v) is 1.96. The second-order valence-electron chi connectivity index (χ2n) is 3.85. The van der Waals surface area contributed by atoms with E-state index in [9.17, 15) is 4.39 Å². The molecule has 88 valence electrons. The molecule has 5 heteroatoms. The number of nitrogens with zero attached hydrogens (tertiary/aromatic N) is 2. The Hall–Kier alpha value is -0.770. The minimum absolute atomic E-state index is 0. The Bertz CT molecular complexity index is 286. The van der Waals surface area contributed by atoms with Crippen molar-refractivity contribution in [2.24, 2.45) is 5.92 Å². The number of alkyl halides is 1. The monoisotopic (exact) mass is 235 g/mol. The summed E-state index contributed by atoms with van der Waals surface area (Å²) < 4.78 is 13.7. The first-order valence-corrected chi connectivity index (χ1v) is 4.97. The number of aryl methyl sites for hydroxylation is 2. The lowest BCUT2D eigenvalue weighted by atomic mass is 10.2. The summed E-state index contributed by atoms with van der Waals surface area (Å²) in [6.07, 6.45) is 1.86. The molecule has 0 radical (unpaired) electrons. The van der Waals surface area contributed by atoms with E-state index in [1.165, 1.54) is 0 Å². The molecule has 0 saturated heterocycles. The lowest BCUT2D eigenvalue weighted by molar-refractivity contribution is 0.426. The molecule has 1 heterocycles. The Morgan fingerprint density at radius 1 is 1.53 bits per heavy atom. The van der Waals surface area contributed by atoms with Crippen molar-refractivity contribution in [3.05, 3.63) is 11.9 Å². The normalized spacial score (nSPS) is 10.2. The molecule has 15 heavy (non-hydrogen) atoms. The Morgan fingerprint density at radius 3 is 2.73 bits per heavy atom. The average molecular weight is 236 g/mol. The topological polar surface area (TPSA) is 29.9 Å². The third kappa shape index (κ3) is 4.51. The maximum absolute atomic E-state index is 12.1. The van der Waals surface area contributed by atoms with Gasteiger partial charge in [0.15, 0.2) is 0 Å². The Kier molecular flexibility index (Phi) is 6.32. The number of hydrogen-bond donors (Lipinski definition) is 1. The van der Waals surface area contributed by atoms with Gasteiger partial charge < -0.3 is 5.32 Å². The van der Waals surface area contributed by atoms with E-state index < -0.39 is 0 Å². The number of rotatable bonds is 5. The van der Waals surface area contributed by atoms with E-state index in [-0.39, 0.29) is 19.1 Å². The summed E-state index contributed by atoms with van der Waals surface area (Å²) >= 11 is 0. The van der Waals surface area contributed by atoms with Gasteiger partial charge in [-0.15, -0.1) is 12.4 Å². The van der Waals surface area contributed by atoms with Crippen LogP contribution in [0.1, 0.15) is 19.5 Å². The molecule has 1 N–H and O–H groups in total. The molecule has 0 unspecified atom stereocenters. The summed E-state index contributed by atoms with van der Waals surface area (Å²) in [5, 5.41) is 7.48. The second-order valence-corrected chi connectivity index (χ2v) is 3.85. The molecule has 0 amide bonds. The predicted octanol–water partition coefficient (Wildman–Crippen LogP) is 2.65. The molecule has 0 fully saturated rings. The van der Waals surface area contributed by atoms with Crippen molar-refractivity contribution in [2.45, 2.75) is 27.3 Å². The number of halogens is 2. The van der Waals surface area contributed by atoms with E-state index in [4.69, 9.17) is 0 Å². The molecule has 0 saturated carbocycles. The van der Waals surface area contributed by atoms with Crippen LogP contribution in [0.4, 0.5) is 10.1 Å². The minimum atomic E-state index is -0.370. The first kappa shape index (κ1) is 14.2. The molecule has 1 rings (SSSR count). The van der Waals surface area contributed by atoms with E-state index >= 15 is 0 Å². The van der Waals surface area contributed by atoms with Gasteiger partial charge in [-0.2, -0.15) is 5.10 Å². The van der Waals surface area contributed by atoms with Gasteiger partial charge in [-0.3, -0.25) is 4.68 Å². The molecule has 0 bridgehead atoms. The van der Waals surface area contributed by atoms with E-state index in [0.29, 0.717) is 12.5 Å². The zero-order valence-electron chi connectivity index (χ0n) is 9.46. The van der Waals surface area contributed by atoms with Crippen LogP contribution >= 0.6 is 12.4 Å². The van der Waals surface area contributed by atoms with Crippen LogP contribution in [0.3, 0.4) is 0 Å². The number of nitrogens with one attached hydrogen (secondary N) is 1. The van der Waals surface area contributed by atoms with Crippen molar-refractivity contribution in [3.8, 4) is 0 Å². The molecule has 1 aromatic rings. The number of hydrogen-bond acceptors (Lipinski definition) is 2. The van der Waals surface area contributed by atoms with Gasteiger partial charge in [0.05, 0.1) is 17.9 Å². The first-order chi connectivity index (χ1) is 6.63. The molecule has 0 aliphatic heterocycles. The Morgan fingerprint density at radius 2 is 2.20 bits per heavy atom. The van der Waals surface area contributed by atoms with E-state index in [1.807, 2.05) is 13.1 Å². The molecule has 3 nitrogen and oxygen atoms in total. The van der Waals surface area contributed by atoms with Crippen molar-refractivity contribution in [2.75, 3.05) is 18.5 Å². The van der Waals surface area contributed by atoms with Gasteiger partial charge in [0.1, 0.15) is 6.67 Å². The minimum Gasteiger partial charge on any atom is -0.382 e. The van der Waals surface area contributed by atoms with E-state index in [2.05, 4.69) is 24.3 Å². The van der Waals surface area contributed by atoms with E-state index in [1.54, 1.807) is 4.68 Å². The van der Waals surface area contributed by atoms with Crippen LogP contribution in [0.25, 0.3) is 0 Å². The van der Waals surface area contributed by atoms with Gasteiger partial charge in [-0.05, 0) is 12.8 Å². The van der Waals surface area contributed by atoms with Crippen LogP contribution in [0.2, 0.25) is 0 Å². The number of aromatic nitrogens is 2. The Balaban J connectivity index is 0.00000196. The molecule has 1 aromatic heterocycles. The summed E-state index contributed by atoms with van der Waals surface area (Å²) in [5.41, 5.74) is 1.94. The predicted molar refractivity (Wildman–Crippen MR) is 63.5 cm³/mol. The molecular weight excluding hydrogens is 217 g/mol. The molecule has 0 aliphatic carbocycles. The Labute approximate surface area is 96.5 Å². The quantitative estimate of drug-likeness (QED) is 0.851. The van der Waals surface area contributed by atoms with Gasteiger partial charge in [0.25, 0.3) is 0 Å². The lowest BCUT2D eigenvalue weighted by Crippen LogP contribution is -2.07. The summed E-state index contributed by atoms with van der Waals surface area (Å²) in [4.78, 5) is 0. The van der Waals surface area contributed by atoms with Crippen LogP contribution in [-0.2, 0) is 6.54 Å². The highest BCUT2D eigenvalue weighted by atomic mass is 35.5. The molecule has 0 spiro atoms. The lowest BCUT2D eigenvalue weighted by Gasteiger charge is -2.06. The third-order valence-electron chi connectivity index (χ3n) is 1.96. The van der Waals surface area contributed by atoms with Crippen LogP contribution in [0.5, 0.6) is 0 Å². The highest BCUT2D eigenvalue weighted by molar-refractivity contribution is 5.85. The summed E-state index contributed by atoms with van der Waals surface area (Å²) in [5.74, 6) is 0.596. The highest BCUT2D eigenvalue weighted by Crippen LogP contribution is 2.12. The molecule has 0 aliphatic rings. The molecule has 0 atom stereocenters. The van der Waals surface area contributed by atoms with Gasteiger partial charge >= 0.3 is 0 Å². The summed E-state index contributed by atoms with van der Waals surface area (Å²) in [7, 11) is 0. The summed E-state index contributed by atoms with van der Waals surface area (Å²) in [6, 6.07) is 0. The molecular formula is C10H19ClFN3. The van der Waals surface area contributed by atoms with Crippen LogP contribution < -0.4 is 5.32 Å². The molecule has 0 aromatic carbocycles. The smallest absolute Gasteiger partial charge is 0.109 e. The van der Waals surface area contributed by atoms with Crippen molar-refractivity contribution in [3.63, 3.8) is 0 Å². The van der Waals surface area contributed by atoms with Crippen molar-refractivity contribution < 1.29 is 4.39 Å². The maximum Gasteiger partial charge on any atom is 0.109 e. The second kappa shape index (κ2) is 6.67. The van der Waals surface area contributed by atoms with Gasteiger partial charge in [0, 0.05) is 12.7 Å².